The number of nitrogens with zero attached hydrogens (tertiary/aromatic N) is 1. The van der Waals surface area contributed by atoms with Gasteiger partial charge < -0.3 is 9.47 Å². The highest BCUT2D eigenvalue weighted by Gasteiger charge is 2.24. The number of carbonyl (C=O) groups is 1. The fraction of sp³-hybridized carbons (Fsp3) is 0.579. The Hall–Kier alpha value is -1.86. The number of hydrogen-bond acceptors (Lipinski definition) is 4. The molecule has 1 unspecified atom stereocenters. The zero-order chi connectivity index (χ0) is 16.1. The minimum atomic E-state index is 0.144. The summed E-state index contributed by atoms with van der Waals surface area (Å²) in [6.07, 6.45) is 8.00. The lowest BCUT2D eigenvalue weighted by Gasteiger charge is -2.23. The normalized spacial score (nSPS) is 22.0. The van der Waals surface area contributed by atoms with Crippen molar-refractivity contribution < 1.29 is 14.3 Å². The van der Waals surface area contributed by atoms with Gasteiger partial charge in [-0.15, -0.1) is 0 Å². The molecule has 1 aromatic rings. The molecule has 2 fully saturated rings. The van der Waals surface area contributed by atoms with E-state index in [0.29, 0.717) is 36.0 Å². The molecule has 0 bridgehead atoms. The van der Waals surface area contributed by atoms with Crippen LogP contribution < -0.4 is 4.74 Å². The lowest BCUT2D eigenvalue weighted by Crippen LogP contribution is -2.16. The van der Waals surface area contributed by atoms with Gasteiger partial charge in [-0.1, -0.05) is 25.0 Å². The number of ketones is 1. The Labute approximate surface area is 137 Å². The first-order chi connectivity index (χ1) is 11.3. The van der Waals surface area contributed by atoms with Crippen LogP contribution in [0.5, 0.6) is 5.75 Å². The quantitative estimate of drug-likeness (QED) is 0.768. The summed E-state index contributed by atoms with van der Waals surface area (Å²) in [5, 5.41) is 9.55. The summed E-state index contributed by atoms with van der Waals surface area (Å²) in [7, 11) is 0. The first-order valence-electron chi connectivity index (χ1n) is 8.57. The summed E-state index contributed by atoms with van der Waals surface area (Å²) >= 11 is 0. The molecule has 0 radical (unpaired) electrons. The van der Waals surface area contributed by atoms with Gasteiger partial charge >= 0.3 is 0 Å². The third kappa shape index (κ3) is 3.92. The van der Waals surface area contributed by atoms with Crippen molar-refractivity contribution in [2.75, 3.05) is 6.79 Å². The van der Waals surface area contributed by atoms with Crippen molar-refractivity contribution in [3.63, 3.8) is 0 Å². The van der Waals surface area contributed by atoms with Crippen LogP contribution in [0, 0.1) is 11.3 Å². The Morgan fingerprint density at radius 1 is 1.17 bits per heavy atom. The van der Waals surface area contributed by atoms with Crippen molar-refractivity contribution in [2.45, 2.75) is 63.4 Å². The molecule has 3 rings (SSSR count). The van der Waals surface area contributed by atoms with Gasteiger partial charge in [0.25, 0.3) is 0 Å². The number of carbonyl (C=O) groups excluding carboxylic acids is 1. The van der Waals surface area contributed by atoms with Crippen molar-refractivity contribution in [3.8, 4) is 11.8 Å². The van der Waals surface area contributed by atoms with Crippen LogP contribution in [0.1, 0.15) is 68.4 Å². The maximum Gasteiger partial charge on any atom is 0.189 e. The molecule has 0 N–H and O–H groups in total. The second kappa shape index (κ2) is 7.61. The van der Waals surface area contributed by atoms with Gasteiger partial charge in [0.1, 0.15) is 17.6 Å². The first-order valence-corrected chi connectivity index (χ1v) is 8.57. The number of benzene rings is 1. The van der Waals surface area contributed by atoms with E-state index < -0.39 is 0 Å². The number of Topliss-reactive ketones (excluding diaryl/α,β-unsaturated/α-hetero) is 1. The van der Waals surface area contributed by atoms with Gasteiger partial charge in [0.05, 0.1) is 11.7 Å². The van der Waals surface area contributed by atoms with Gasteiger partial charge in [-0.3, -0.25) is 4.79 Å². The number of rotatable bonds is 5. The van der Waals surface area contributed by atoms with Gasteiger partial charge in [0.15, 0.2) is 6.79 Å². The molecule has 0 spiro atoms. The number of nitriles is 1. The fourth-order valence-corrected chi connectivity index (χ4v) is 3.67. The summed E-state index contributed by atoms with van der Waals surface area (Å²) in [5.74, 6) is 1.01. The molecule has 2 aliphatic carbocycles. The largest absolute Gasteiger partial charge is 0.466 e. The highest BCUT2D eigenvalue weighted by atomic mass is 16.7. The topological polar surface area (TPSA) is 59.3 Å². The molecule has 4 heteroatoms. The summed E-state index contributed by atoms with van der Waals surface area (Å²) in [6.45, 7) is 0.187. The van der Waals surface area contributed by atoms with E-state index in [1.165, 1.54) is 12.8 Å². The number of hydrogen-bond donors (Lipinski definition) is 0. The average molecular weight is 313 g/mol. The van der Waals surface area contributed by atoms with Crippen LogP contribution >= 0.6 is 0 Å². The predicted octanol–water partition coefficient (Wildman–Crippen LogP) is 4.08. The molecular weight excluding hydrogens is 290 g/mol. The van der Waals surface area contributed by atoms with Crippen LogP contribution in [-0.2, 0) is 9.53 Å². The standard InChI is InChI=1S/C19H23NO3/c20-12-18-17(14-5-3-6-15(21)11-14)9-4-10-19(18)23-13-22-16-7-1-2-8-16/h4,9-10,14,16H,1-3,5-8,11,13H2. The van der Waals surface area contributed by atoms with E-state index in [2.05, 4.69) is 6.07 Å². The third-order valence-corrected chi connectivity index (χ3v) is 4.91. The highest BCUT2D eigenvalue weighted by Crippen LogP contribution is 2.35. The van der Waals surface area contributed by atoms with E-state index >= 15 is 0 Å². The summed E-state index contributed by atoms with van der Waals surface area (Å²) in [4.78, 5) is 11.7. The Kier molecular flexibility index (Phi) is 5.30. The smallest absolute Gasteiger partial charge is 0.189 e. The molecule has 23 heavy (non-hydrogen) atoms. The second-order valence-electron chi connectivity index (χ2n) is 6.50. The minimum Gasteiger partial charge on any atom is -0.466 e. The minimum absolute atomic E-state index is 0.144. The molecule has 0 heterocycles. The zero-order valence-corrected chi connectivity index (χ0v) is 13.4. The van der Waals surface area contributed by atoms with Crippen molar-refractivity contribution in [1.29, 1.82) is 5.26 Å². The molecule has 0 aliphatic heterocycles. The highest BCUT2D eigenvalue weighted by molar-refractivity contribution is 5.80. The second-order valence-corrected chi connectivity index (χ2v) is 6.50. The van der Waals surface area contributed by atoms with E-state index in [9.17, 15) is 10.1 Å². The van der Waals surface area contributed by atoms with Crippen molar-refractivity contribution in [2.24, 2.45) is 0 Å². The van der Waals surface area contributed by atoms with Crippen LogP contribution in [0.15, 0.2) is 18.2 Å². The molecule has 1 atom stereocenters. The van der Waals surface area contributed by atoms with Gasteiger partial charge in [-0.05, 0) is 43.2 Å². The molecule has 0 amide bonds. The van der Waals surface area contributed by atoms with E-state index in [4.69, 9.17) is 9.47 Å². The van der Waals surface area contributed by atoms with Crippen LogP contribution in [0.25, 0.3) is 0 Å². The van der Waals surface area contributed by atoms with Gasteiger partial charge in [-0.25, -0.2) is 0 Å². The summed E-state index contributed by atoms with van der Waals surface area (Å²) < 4.78 is 11.4. The first kappa shape index (κ1) is 16.0. The van der Waals surface area contributed by atoms with Crippen LogP contribution in [-0.4, -0.2) is 18.7 Å². The lowest BCUT2D eigenvalue weighted by molar-refractivity contribution is -0.120. The molecule has 2 saturated carbocycles. The monoisotopic (exact) mass is 313 g/mol. The molecule has 4 nitrogen and oxygen atoms in total. The van der Waals surface area contributed by atoms with E-state index in [1.54, 1.807) is 0 Å². The maximum atomic E-state index is 11.7. The van der Waals surface area contributed by atoms with E-state index in [0.717, 1.165) is 31.2 Å². The Morgan fingerprint density at radius 3 is 2.74 bits per heavy atom. The SMILES string of the molecule is N#Cc1c(OCOC2CCCC2)cccc1C1CCCC(=O)C1. The maximum absolute atomic E-state index is 11.7. The van der Waals surface area contributed by atoms with Crippen LogP contribution in [0.2, 0.25) is 0 Å². The van der Waals surface area contributed by atoms with E-state index in [-0.39, 0.29) is 12.7 Å². The molecule has 1 aromatic carbocycles. The third-order valence-electron chi connectivity index (χ3n) is 4.91. The molecule has 0 saturated heterocycles. The van der Waals surface area contributed by atoms with Crippen molar-refractivity contribution in [1.82, 2.24) is 0 Å². The molecular formula is C19H23NO3. The van der Waals surface area contributed by atoms with Crippen molar-refractivity contribution in [3.05, 3.63) is 29.3 Å². The summed E-state index contributed by atoms with van der Waals surface area (Å²) in [6, 6.07) is 7.93. The Morgan fingerprint density at radius 2 is 2.00 bits per heavy atom. The van der Waals surface area contributed by atoms with Crippen molar-refractivity contribution >= 4 is 5.78 Å². The van der Waals surface area contributed by atoms with Crippen LogP contribution in [0.4, 0.5) is 0 Å². The fourth-order valence-electron chi connectivity index (χ4n) is 3.67. The predicted molar refractivity (Wildman–Crippen MR) is 86.2 cm³/mol. The zero-order valence-electron chi connectivity index (χ0n) is 13.4. The van der Waals surface area contributed by atoms with Gasteiger partial charge in [0.2, 0.25) is 0 Å². The lowest BCUT2D eigenvalue weighted by atomic mass is 9.81. The summed E-state index contributed by atoms with van der Waals surface area (Å²) in [5.41, 5.74) is 1.50. The Bertz CT molecular complexity index is 599. The van der Waals surface area contributed by atoms with Crippen LogP contribution in [0.3, 0.4) is 0 Å². The Balaban J connectivity index is 1.69. The molecule has 0 aromatic heterocycles. The van der Waals surface area contributed by atoms with Gasteiger partial charge in [0, 0.05) is 12.8 Å². The molecule has 2 aliphatic rings. The average Bonchev–Trinajstić information content (AvgIpc) is 3.08. The van der Waals surface area contributed by atoms with Gasteiger partial charge in [-0.2, -0.15) is 5.26 Å². The number of ether oxygens (including phenoxy) is 2. The van der Waals surface area contributed by atoms with E-state index in [1.807, 2.05) is 18.2 Å². The molecule has 122 valence electrons.